The molecule has 0 amide bonds. The highest BCUT2D eigenvalue weighted by Gasteiger charge is 2.11. The average Bonchev–Trinajstić information content (AvgIpc) is 2.90. The van der Waals surface area contributed by atoms with Gasteiger partial charge in [-0.25, -0.2) is 9.37 Å². The first kappa shape index (κ1) is 13.6. The van der Waals surface area contributed by atoms with E-state index in [9.17, 15) is 9.50 Å². The van der Waals surface area contributed by atoms with E-state index in [4.69, 9.17) is 4.74 Å². The van der Waals surface area contributed by atoms with E-state index >= 15 is 0 Å². The highest BCUT2D eigenvalue weighted by atomic mass is 19.1. The second kappa shape index (κ2) is 5.18. The standard InChI is InChI=1S/C16H15FN2O2/c1-9(20)16-18-13-5-3-10(7-14(13)19-16)12-8-11(17)4-6-15(12)21-2/h3-9,20H,1-2H3,(H,18,19)/t9-/m0/s1. The van der Waals surface area contributed by atoms with Gasteiger partial charge in [-0.3, -0.25) is 0 Å². The minimum Gasteiger partial charge on any atom is -0.496 e. The number of benzene rings is 2. The largest absolute Gasteiger partial charge is 0.496 e. The third-order valence-corrected chi connectivity index (χ3v) is 3.37. The number of H-pyrrole nitrogens is 1. The van der Waals surface area contributed by atoms with Crippen molar-refractivity contribution in [3.8, 4) is 16.9 Å². The number of aromatic amines is 1. The van der Waals surface area contributed by atoms with Crippen LogP contribution in [0.25, 0.3) is 22.2 Å². The summed E-state index contributed by atoms with van der Waals surface area (Å²) in [7, 11) is 1.55. The van der Waals surface area contributed by atoms with Crippen molar-refractivity contribution < 1.29 is 14.2 Å². The summed E-state index contributed by atoms with van der Waals surface area (Å²) in [6.07, 6.45) is -0.662. The molecule has 3 aromatic rings. The molecular weight excluding hydrogens is 271 g/mol. The SMILES string of the molecule is COc1ccc(F)cc1-c1ccc2nc([C@H](C)O)[nH]c2c1. The van der Waals surface area contributed by atoms with E-state index in [2.05, 4.69) is 9.97 Å². The molecule has 4 nitrogen and oxygen atoms in total. The van der Waals surface area contributed by atoms with Crippen molar-refractivity contribution in [1.29, 1.82) is 0 Å². The molecule has 0 radical (unpaired) electrons. The zero-order valence-electron chi connectivity index (χ0n) is 11.7. The molecule has 1 aromatic heterocycles. The molecule has 0 saturated heterocycles. The van der Waals surface area contributed by atoms with Gasteiger partial charge < -0.3 is 14.8 Å². The number of ether oxygens (including phenoxy) is 1. The van der Waals surface area contributed by atoms with E-state index in [1.807, 2.05) is 18.2 Å². The molecule has 5 heteroatoms. The summed E-state index contributed by atoms with van der Waals surface area (Å²) in [6.45, 7) is 1.65. The van der Waals surface area contributed by atoms with Crippen molar-refractivity contribution in [2.24, 2.45) is 0 Å². The molecule has 1 atom stereocenters. The third-order valence-electron chi connectivity index (χ3n) is 3.37. The van der Waals surface area contributed by atoms with E-state index in [1.165, 1.54) is 12.1 Å². The lowest BCUT2D eigenvalue weighted by Gasteiger charge is -2.08. The Balaban J connectivity index is 2.14. The van der Waals surface area contributed by atoms with Crippen molar-refractivity contribution in [2.75, 3.05) is 7.11 Å². The number of imidazole rings is 1. The molecule has 0 aliphatic heterocycles. The second-order valence-corrected chi connectivity index (χ2v) is 4.87. The molecule has 21 heavy (non-hydrogen) atoms. The van der Waals surface area contributed by atoms with E-state index in [-0.39, 0.29) is 5.82 Å². The van der Waals surface area contributed by atoms with Crippen LogP contribution in [0.3, 0.4) is 0 Å². The fourth-order valence-corrected chi connectivity index (χ4v) is 2.30. The summed E-state index contributed by atoms with van der Waals surface area (Å²) in [5, 5.41) is 9.57. The zero-order valence-corrected chi connectivity index (χ0v) is 11.7. The lowest BCUT2D eigenvalue weighted by atomic mass is 10.0. The minimum atomic E-state index is -0.662. The number of halogens is 1. The molecule has 0 unspecified atom stereocenters. The third kappa shape index (κ3) is 2.48. The van der Waals surface area contributed by atoms with Crippen LogP contribution in [0.1, 0.15) is 18.9 Å². The number of aliphatic hydroxyl groups is 1. The van der Waals surface area contributed by atoms with Crippen molar-refractivity contribution in [3.05, 3.63) is 48.0 Å². The number of hydrogen-bond donors (Lipinski definition) is 2. The van der Waals surface area contributed by atoms with Crippen LogP contribution in [-0.2, 0) is 0 Å². The van der Waals surface area contributed by atoms with E-state index in [0.717, 1.165) is 16.6 Å². The Morgan fingerprint density at radius 3 is 2.76 bits per heavy atom. The molecular formula is C16H15FN2O2. The van der Waals surface area contributed by atoms with Crippen LogP contribution in [-0.4, -0.2) is 22.2 Å². The molecule has 108 valence electrons. The second-order valence-electron chi connectivity index (χ2n) is 4.87. The fourth-order valence-electron chi connectivity index (χ4n) is 2.30. The zero-order chi connectivity index (χ0) is 15.0. The van der Waals surface area contributed by atoms with Gasteiger partial charge in [0.25, 0.3) is 0 Å². The van der Waals surface area contributed by atoms with Gasteiger partial charge in [0, 0.05) is 5.56 Å². The average molecular weight is 286 g/mol. The predicted octanol–water partition coefficient (Wildman–Crippen LogP) is 3.43. The van der Waals surface area contributed by atoms with Gasteiger partial charge in [0.1, 0.15) is 23.5 Å². The fraction of sp³-hybridized carbons (Fsp3) is 0.188. The smallest absolute Gasteiger partial charge is 0.135 e. The Hall–Kier alpha value is -2.40. The number of aromatic nitrogens is 2. The topological polar surface area (TPSA) is 58.1 Å². The molecule has 1 heterocycles. The molecule has 0 fully saturated rings. The first-order chi connectivity index (χ1) is 10.1. The first-order valence-electron chi connectivity index (χ1n) is 6.60. The number of aliphatic hydroxyl groups excluding tert-OH is 1. The summed E-state index contributed by atoms with van der Waals surface area (Å²) >= 11 is 0. The number of nitrogens with one attached hydrogen (secondary N) is 1. The Bertz CT molecular complexity index is 796. The van der Waals surface area contributed by atoms with E-state index in [0.29, 0.717) is 17.1 Å². The van der Waals surface area contributed by atoms with Gasteiger partial charge in [-0.15, -0.1) is 0 Å². The van der Waals surface area contributed by atoms with Crippen molar-refractivity contribution >= 4 is 11.0 Å². The molecule has 2 N–H and O–H groups in total. The van der Waals surface area contributed by atoms with Gasteiger partial charge in [-0.2, -0.15) is 0 Å². The highest BCUT2D eigenvalue weighted by Crippen LogP contribution is 2.32. The van der Waals surface area contributed by atoms with Crippen molar-refractivity contribution in [2.45, 2.75) is 13.0 Å². The Morgan fingerprint density at radius 1 is 1.24 bits per heavy atom. The van der Waals surface area contributed by atoms with E-state index < -0.39 is 6.10 Å². The molecule has 0 saturated carbocycles. The van der Waals surface area contributed by atoms with Gasteiger partial charge in [0.2, 0.25) is 0 Å². The first-order valence-corrected chi connectivity index (χ1v) is 6.60. The van der Waals surface area contributed by atoms with Gasteiger partial charge in [-0.05, 0) is 42.8 Å². The molecule has 0 aliphatic rings. The molecule has 2 aromatic carbocycles. The lowest BCUT2D eigenvalue weighted by Crippen LogP contribution is -1.92. The maximum Gasteiger partial charge on any atom is 0.135 e. The number of rotatable bonds is 3. The number of fused-ring (bicyclic) bond motifs is 1. The van der Waals surface area contributed by atoms with Crippen LogP contribution >= 0.6 is 0 Å². The van der Waals surface area contributed by atoms with Gasteiger partial charge in [-0.1, -0.05) is 6.07 Å². The van der Waals surface area contributed by atoms with Crippen molar-refractivity contribution in [1.82, 2.24) is 9.97 Å². The number of hydrogen-bond acceptors (Lipinski definition) is 3. The quantitative estimate of drug-likeness (QED) is 0.775. The normalized spacial score (nSPS) is 12.6. The molecule has 0 spiro atoms. The van der Waals surface area contributed by atoms with E-state index in [1.54, 1.807) is 20.1 Å². The van der Waals surface area contributed by atoms with Crippen LogP contribution < -0.4 is 4.74 Å². The number of nitrogens with zero attached hydrogens (tertiary/aromatic N) is 1. The van der Waals surface area contributed by atoms with Crippen LogP contribution in [0.4, 0.5) is 4.39 Å². The molecule has 3 rings (SSSR count). The predicted molar refractivity (Wildman–Crippen MR) is 78.7 cm³/mol. The maximum absolute atomic E-state index is 13.5. The Kier molecular flexibility index (Phi) is 3.35. The Labute approximate surface area is 121 Å². The minimum absolute atomic E-state index is 0.319. The number of methoxy groups -OCH3 is 1. The summed E-state index contributed by atoms with van der Waals surface area (Å²) in [5.74, 6) is 0.791. The summed E-state index contributed by atoms with van der Waals surface area (Å²) in [6, 6.07) is 9.95. The summed E-state index contributed by atoms with van der Waals surface area (Å²) in [4.78, 5) is 7.36. The maximum atomic E-state index is 13.5. The van der Waals surface area contributed by atoms with Gasteiger partial charge in [0.15, 0.2) is 0 Å². The van der Waals surface area contributed by atoms with Crippen LogP contribution in [0.2, 0.25) is 0 Å². The molecule has 0 bridgehead atoms. The van der Waals surface area contributed by atoms with Crippen LogP contribution in [0, 0.1) is 5.82 Å². The highest BCUT2D eigenvalue weighted by molar-refractivity contribution is 5.83. The monoisotopic (exact) mass is 286 g/mol. The van der Waals surface area contributed by atoms with Crippen LogP contribution in [0.5, 0.6) is 5.75 Å². The summed E-state index contributed by atoms with van der Waals surface area (Å²) in [5.41, 5.74) is 3.03. The van der Waals surface area contributed by atoms with Gasteiger partial charge in [0.05, 0.1) is 18.1 Å². The van der Waals surface area contributed by atoms with Crippen molar-refractivity contribution in [3.63, 3.8) is 0 Å². The Morgan fingerprint density at radius 2 is 2.05 bits per heavy atom. The van der Waals surface area contributed by atoms with Crippen LogP contribution in [0.15, 0.2) is 36.4 Å². The lowest BCUT2D eigenvalue weighted by molar-refractivity contribution is 0.190. The van der Waals surface area contributed by atoms with Gasteiger partial charge >= 0.3 is 0 Å². The summed E-state index contributed by atoms with van der Waals surface area (Å²) < 4.78 is 18.8. The molecule has 0 aliphatic carbocycles.